The van der Waals surface area contributed by atoms with Crippen LogP contribution in [0.5, 0.6) is 0 Å². The standard InChI is InChI=1S/C18H25N5O2/c1-4-14-12(3)19-18(21-17(14)25)23-15(10-11(2)22-23)20-16(24)13-8-6-5-7-9-13/h10,13H,4-9H2,1-3H3,(H,20,24)(H,19,21,25). The maximum absolute atomic E-state index is 12.6. The van der Waals surface area contributed by atoms with E-state index < -0.39 is 0 Å². The number of aryl methyl sites for hydroxylation is 2. The summed E-state index contributed by atoms with van der Waals surface area (Å²) in [5, 5.41) is 7.35. The summed E-state index contributed by atoms with van der Waals surface area (Å²) in [5.41, 5.74) is 1.93. The minimum atomic E-state index is -0.164. The van der Waals surface area contributed by atoms with Crippen molar-refractivity contribution >= 4 is 11.7 Å². The number of H-pyrrole nitrogens is 1. The predicted molar refractivity (Wildman–Crippen MR) is 96.0 cm³/mol. The lowest BCUT2D eigenvalue weighted by molar-refractivity contribution is -0.120. The van der Waals surface area contributed by atoms with Gasteiger partial charge in [0.05, 0.1) is 5.69 Å². The van der Waals surface area contributed by atoms with E-state index in [-0.39, 0.29) is 17.4 Å². The monoisotopic (exact) mass is 343 g/mol. The highest BCUT2D eigenvalue weighted by Crippen LogP contribution is 2.25. The van der Waals surface area contributed by atoms with Gasteiger partial charge in [0.2, 0.25) is 11.9 Å². The van der Waals surface area contributed by atoms with Crippen molar-refractivity contribution in [3.63, 3.8) is 0 Å². The Kier molecular flexibility index (Phi) is 5.01. The SMILES string of the molecule is CCc1c(C)nc(-n2nc(C)cc2NC(=O)C2CCCCC2)[nH]c1=O. The second-order valence-electron chi connectivity index (χ2n) is 6.71. The first kappa shape index (κ1) is 17.4. The maximum atomic E-state index is 12.6. The Morgan fingerprint density at radius 1 is 1.32 bits per heavy atom. The van der Waals surface area contributed by atoms with Crippen molar-refractivity contribution in [2.24, 2.45) is 5.92 Å². The first-order valence-corrected chi connectivity index (χ1v) is 8.97. The molecule has 1 saturated carbocycles. The number of carbonyl (C=O) groups excluding carboxylic acids is 1. The van der Waals surface area contributed by atoms with Gasteiger partial charge < -0.3 is 5.32 Å². The number of rotatable bonds is 4. The lowest BCUT2D eigenvalue weighted by Crippen LogP contribution is -2.26. The van der Waals surface area contributed by atoms with E-state index in [4.69, 9.17) is 0 Å². The van der Waals surface area contributed by atoms with Gasteiger partial charge in [0.25, 0.3) is 5.56 Å². The van der Waals surface area contributed by atoms with Crippen LogP contribution >= 0.6 is 0 Å². The van der Waals surface area contributed by atoms with E-state index in [0.29, 0.717) is 29.4 Å². The molecule has 3 rings (SSSR count). The molecule has 0 aliphatic heterocycles. The van der Waals surface area contributed by atoms with Crippen molar-refractivity contribution in [3.05, 3.63) is 33.4 Å². The van der Waals surface area contributed by atoms with Crippen LogP contribution in [0.1, 0.15) is 56.0 Å². The van der Waals surface area contributed by atoms with Crippen molar-refractivity contribution < 1.29 is 4.79 Å². The van der Waals surface area contributed by atoms with Gasteiger partial charge in [-0.25, -0.2) is 4.98 Å². The Morgan fingerprint density at radius 2 is 2.04 bits per heavy atom. The molecule has 1 aliphatic carbocycles. The van der Waals surface area contributed by atoms with Gasteiger partial charge in [-0.3, -0.25) is 14.6 Å². The second-order valence-corrected chi connectivity index (χ2v) is 6.71. The number of anilines is 1. The topological polar surface area (TPSA) is 92.7 Å². The summed E-state index contributed by atoms with van der Waals surface area (Å²) in [7, 11) is 0. The molecular formula is C18H25N5O2. The summed E-state index contributed by atoms with van der Waals surface area (Å²) in [6.07, 6.45) is 5.88. The number of aromatic nitrogens is 4. The average molecular weight is 343 g/mol. The molecule has 7 nitrogen and oxygen atoms in total. The number of hydrogen-bond donors (Lipinski definition) is 2. The lowest BCUT2D eigenvalue weighted by Gasteiger charge is -2.20. The molecule has 0 bridgehead atoms. The summed E-state index contributed by atoms with van der Waals surface area (Å²) in [4.78, 5) is 32.0. The number of nitrogens with zero attached hydrogens (tertiary/aromatic N) is 3. The molecule has 2 aromatic heterocycles. The number of amides is 1. The zero-order valence-corrected chi connectivity index (χ0v) is 15.1. The molecule has 2 heterocycles. The van der Waals surface area contributed by atoms with Gasteiger partial charge in [-0.1, -0.05) is 26.2 Å². The van der Waals surface area contributed by atoms with Gasteiger partial charge in [0.15, 0.2) is 0 Å². The molecule has 1 fully saturated rings. The molecule has 1 amide bonds. The van der Waals surface area contributed by atoms with Crippen LogP contribution in [0.2, 0.25) is 0 Å². The van der Waals surface area contributed by atoms with Crippen LogP contribution in [0.15, 0.2) is 10.9 Å². The fraction of sp³-hybridized carbons (Fsp3) is 0.556. The minimum Gasteiger partial charge on any atom is -0.310 e. The molecule has 0 spiro atoms. The van der Waals surface area contributed by atoms with E-state index in [1.165, 1.54) is 11.1 Å². The summed E-state index contributed by atoms with van der Waals surface area (Å²) in [6, 6.07) is 1.80. The van der Waals surface area contributed by atoms with Crippen LogP contribution in [0.25, 0.3) is 5.95 Å². The molecule has 0 unspecified atom stereocenters. The van der Waals surface area contributed by atoms with Gasteiger partial charge in [-0.05, 0) is 33.1 Å². The maximum Gasteiger partial charge on any atom is 0.255 e. The predicted octanol–water partition coefficient (Wildman–Crippen LogP) is 2.65. The fourth-order valence-electron chi connectivity index (χ4n) is 3.46. The second kappa shape index (κ2) is 7.21. The van der Waals surface area contributed by atoms with Gasteiger partial charge in [-0.15, -0.1) is 0 Å². The molecule has 0 atom stereocenters. The van der Waals surface area contributed by atoms with Crippen molar-refractivity contribution in [3.8, 4) is 5.95 Å². The average Bonchev–Trinajstić information content (AvgIpc) is 2.95. The fourth-order valence-corrected chi connectivity index (χ4v) is 3.46. The minimum absolute atomic E-state index is 0.0186. The van der Waals surface area contributed by atoms with Crippen LogP contribution < -0.4 is 10.9 Å². The molecule has 0 aromatic carbocycles. The molecular weight excluding hydrogens is 318 g/mol. The van der Waals surface area contributed by atoms with Crippen LogP contribution in [0.3, 0.4) is 0 Å². The molecule has 1 aliphatic rings. The summed E-state index contributed by atoms with van der Waals surface area (Å²) in [6.45, 7) is 5.58. The zero-order valence-electron chi connectivity index (χ0n) is 15.1. The van der Waals surface area contributed by atoms with Crippen molar-refractivity contribution in [1.29, 1.82) is 0 Å². The molecule has 2 aromatic rings. The number of aromatic amines is 1. The number of nitrogens with one attached hydrogen (secondary N) is 2. The Hall–Kier alpha value is -2.44. The molecule has 2 N–H and O–H groups in total. The lowest BCUT2D eigenvalue weighted by atomic mass is 9.89. The van der Waals surface area contributed by atoms with E-state index in [1.54, 1.807) is 6.07 Å². The van der Waals surface area contributed by atoms with Gasteiger partial charge in [0, 0.05) is 23.2 Å². The highest BCUT2D eigenvalue weighted by atomic mass is 16.2. The summed E-state index contributed by atoms with van der Waals surface area (Å²) in [5.74, 6) is 0.935. The van der Waals surface area contributed by atoms with E-state index in [0.717, 1.165) is 31.4 Å². The van der Waals surface area contributed by atoms with Crippen LogP contribution in [0, 0.1) is 19.8 Å². The van der Waals surface area contributed by atoms with E-state index >= 15 is 0 Å². The van der Waals surface area contributed by atoms with Crippen LogP contribution in [-0.4, -0.2) is 25.7 Å². The van der Waals surface area contributed by atoms with Crippen molar-refractivity contribution in [2.75, 3.05) is 5.32 Å². The number of carbonyl (C=O) groups is 1. The van der Waals surface area contributed by atoms with E-state index in [1.807, 2.05) is 20.8 Å². The third-order valence-corrected chi connectivity index (χ3v) is 4.82. The first-order valence-electron chi connectivity index (χ1n) is 8.97. The van der Waals surface area contributed by atoms with Crippen LogP contribution in [0.4, 0.5) is 5.82 Å². The highest BCUT2D eigenvalue weighted by Gasteiger charge is 2.23. The van der Waals surface area contributed by atoms with Gasteiger partial charge >= 0.3 is 0 Å². The normalized spacial score (nSPS) is 15.3. The molecule has 0 saturated heterocycles. The third kappa shape index (κ3) is 3.65. The summed E-state index contributed by atoms with van der Waals surface area (Å²) < 4.78 is 1.50. The third-order valence-electron chi connectivity index (χ3n) is 4.82. The molecule has 134 valence electrons. The van der Waals surface area contributed by atoms with Crippen molar-refractivity contribution in [1.82, 2.24) is 19.7 Å². The number of hydrogen-bond acceptors (Lipinski definition) is 4. The largest absolute Gasteiger partial charge is 0.310 e. The zero-order chi connectivity index (χ0) is 18.0. The highest BCUT2D eigenvalue weighted by molar-refractivity contribution is 5.92. The first-order chi connectivity index (χ1) is 12.0. The van der Waals surface area contributed by atoms with E-state index in [9.17, 15) is 9.59 Å². The Bertz CT molecular complexity index is 830. The van der Waals surface area contributed by atoms with Crippen LogP contribution in [-0.2, 0) is 11.2 Å². The Morgan fingerprint density at radius 3 is 2.68 bits per heavy atom. The Labute approximate surface area is 146 Å². The van der Waals surface area contributed by atoms with Crippen molar-refractivity contribution in [2.45, 2.75) is 59.3 Å². The van der Waals surface area contributed by atoms with E-state index in [2.05, 4.69) is 20.4 Å². The smallest absolute Gasteiger partial charge is 0.255 e. The molecule has 0 radical (unpaired) electrons. The van der Waals surface area contributed by atoms with Gasteiger partial charge in [-0.2, -0.15) is 9.78 Å². The summed E-state index contributed by atoms with van der Waals surface area (Å²) >= 11 is 0. The molecule has 7 heteroatoms. The van der Waals surface area contributed by atoms with Gasteiger partial charge in [0.1, 0.15) is 5.82 Å². The quantitative estimate of drug-likeness (QED) is 0.892. The molecule has 25 heavy (non-hydrogen) atoms. The Balaban J connectivity index is 1.91.